The normalized spacial score (nSPS) is 14.9. The number of ketones is 1. The first kappa shape index (κ1) is 23.4. The van der Waals surface area contributed by atoms with Crippen LogP contribution in [0.5, 0.6) is 0 Å². The van der Waals surface area contributed by atoms with Gasteiger partial charge < -0.3 is 9.88 Å². The number of Topliss-reactive ketones (excluding diaryl/α,β-unsaturated/α-hetero) is 1. The van der Waals surface area contributed by atoms with E-state index in [1.54, 1.807) is 18.2 Å². The topological polar surface area (TPSA) is 59.8 Å². The Bertz CT molecular complexity index is 1080. The molecule has 1 N–H and O–H groups in total. The van der Waals surface area contributed by atoms with Crippen LogP contribution in [0.1, 0.15) is 59.9 Å². The molecule has 0 unspecified atom stereocenters. The Kier molecular flexibility index (Phi) is 7.37. The molecule has 1 saturated carbocycles. The van der Waals surface area contributed by atoms with E-state index in [1.807, 2.05) is 18.2 Å². The number of carbonyl (C=O) groups is 1. The Hall–Kier alpha value is -2.81. The maximum Gasteiger partial charge on any atom is 0.416 e. The fourth-order valence-corrected chi connectivity index (χ4v) is 4.98. The highest BCUT2D eigenvalue weighted by molar-refractivity contribution is 7.99. The van der Waals surface area contributed by atoms with Gasteiger partial charge in [-0.3, -0.25) is 4.79 Å². The number of rotatable bonds is 8. The summed E-state index contributed by atoms with van der Waals surface area (Å²) in [6.07, 6.45) is 0.997. The minimum atomic E-state index is -4.39. The molecule has 9 heteroatoms. The Morgan fingerprint density at radius 2 is 1.79 bits per heavy atom. The first-order chi connectivity index (χ1) is 15.9. The van der Waals surface area contributed by atoms with E-state index in [0.717, 1.165) is 37.8 Å². The van der Waals surface area contributed by atoms with Crippen molar-refractivity contribution in [3.05, 3.63) is 71.5 Å². The molecule has 0 radical (unpaired) electrons. The van der Waals surface area contributed by atoms with Crippen LogP contribution >= 0.6 is 11.8 Å². The molecule has 3 aromatic rings. The van der Waals surface area contributed by atoms with Gasteiger partial charge in [0.05, 0.1) is 17.9 Å². The van der Waals surface area contributed by atoms with Crippen LogP contribution in [-0.2, 0) is 12.7 Å². The van der Waals surface area contributed by atoms with Crippen LogP contribution in [0.25, 0.3) is 0 Å². The average Bonchev–Trinajstić information content (AvgIpc) is 3.25. The summed E-state index contributed by atoms with van der Waals surface area (Å²) in [4.78, 5) is 12.6. The predicted molar refractivity (Wildman–Crippen MR) is 122 cm³/mol. The summed E-state index contributed by atoms with van der Waals surface area (Å²) in [7, 11) is 0. The van der Waals surface area contributed by atoms with Crippen LogP contribution in [0.15, 0.2) is 59.8 Å². The maximum absolute atomic E-state index is 13.0. The molecule has 0 saturated heterocycles. The molecule has 0 amide bonds. The molecule has 33 heavy (non-hydrogen) atoms. The second kappa shape index (κ2) is 10.4. The highest BCUT2D eigenvalue weighted by Gasteiger charge is 2.30. The molecule has 1 aromatic heterocycles. The van der Waals surface area contributed by atoms with Gasteiger partial charge >= 0.3 is 6.18 Å². The molecule has 0 aliphatic heterocycles. The van der Waals surface area contributed by atoms with E-state index in [0.29, 0.717) is 22.2 Å². The van der Waals surface area contributed by atoms with Gasteiger partial charge in [-0.05, 0) is 31.0 Å². The lowest BCUT2D eigenvalue weighted by atomic mass is 9.95. The molecule has 4 rings (SSSR count). The monoisotopic (exact) mass is 474 g/mol. The van der Waals surface area contributed by atoms with Crippen LogP contribution in [-0.4, -0.2) is 26.3 Å². The van der Waals surface area contributed by atoms with Crippen molar-refractivity contribution in [1.82, 2.24) is 14.8 Å². The third-order valence-electron chi connectivity index (χ3n) is 5.74. The molecule has 1 heterocycles. The highest BCUT2D eigenvalue weighted by atomic mass is 32.2. The summed E-state index contributed by atoms with van der Waals surface area (Å²) in [6.45, 7) is 0.248. The van der Waals surface area contributed by atoms with Crippen LogP contribution < -0.4 is 5.32 Å². The molecule has 0 atom stereocenters. The van der Waals surface area contributed by atoms with Crippen LogP contribution in [0.4, 0.5) is 18.9 Å². The molecular formula is C24H25F3N4OS. The van der Waals surface area contributed by atoms with Gasteiger partial charge in [0.1, 0.15) is 0 Å². The van der Waals surface area contributed by atoms with Crippen molar-refractivity contribution in [1.29, 1.82) is 0 Å². The maximum atomic E-state index is 13.0. The van der Waals surface area contributed by atoms with Gasteiger partial charge in [-0.2, -0.15) is 13.2 Å². The molecule has 2 aromatic carbocycles. The molecular weight excluding hydrogens is 449 g/mol. The third kappa shape index (κ3) is 5.96. The summed E-state index contributed by atoms with van der Waals surface area (Å²) in [6, 6.07) is 14.5. The van der Waals surface area contributed by atoms with Crippen molar-refractivity contribution in [2.45, 2.75) is 56.0 Å². The SMILES string of the molecule is O=C(CSc1nnc(CNc2cccc(C(F)(F)F)c2)n1C1CCCCC1)c1ccccc1. The predicted octanol–water partition coefficient (Wildman–Crippen LogP) is 6.39. The summed E-state index contributed by atoms with van der Waals surface area (Å²) in [5.74, 6) is 0.923. The molecule has 1 aliphatic rings. The second-order valence-corrected chi connectivity index (χ2v) is 9.01. The van der Waals surface area contributed by atoms with Gasteiger partial charge in [-0.25, -0.2) is 0 Å². The number of nitrogens with one attached hydrogen (secondary N) is 1. The first-order valence-corrected chi connectivity index (χ1v) is 12.0. The first-order valence-electron chi connectivity index (χ1n) is 11.0. The number of carbonyl (C=O) groups excluding carboxylic acids is 1. The average molecular weight is 475 g/mol. The zero-order valence-corrected chi connectivity index (χ0v) is 18.8. The molecule has 174 valence electrons. The van der Waals surface area contributed by atoms with E-state index in [9.17, 15) is 18.0 Å². The lowest BCUT2D eigenvalue weighted by molar-refractivity contribution is -0.137. The number of anilines is 1. The summed E-state index contributed by atoms with van der Waals surface area (Å²) < 4.78 is 41.2. The van der Waals surface area contributed by atoms with Gasteiger partial charge in [0, 0.05) is 17.3 Å². The van der Waals surface area contributed by atoms with Crippen molar-refractivity contribution in [2.75, 3.05) is 11.1 Å². The van der Waals surface area contributed by atoms with Crippen molar-refractivity contribution in [3.63, 3.8) is 0 Å². The van der Waals surface area contributed by atoms with Crippen molar-refractivity contribution >= 4 is 23.2 Å². The van der Waals surface area contributed by atoms with Gasteiger partial charge in [0.25, 0.3) is 0 Å². The van der Waals surface area contributed by atoms with Gasteiger partial charge in [0.15, 0.2) is 16.8 Å². The molecule has 5 nitrogen and oxygen atoms in total. The molecule has 0 bridgehead atoms. The number of alkyl halides is 3. The van der Waals surface area contributed by atoms with Gasteiger partial charge in [-0.15, -0.1) is 10.2 Å². The van der Waals surface area contributed by atoms with E-state index in [1.165, 1.54) is 24.2 Å². The van der Waals surface area contributed by atoms with Crippen molar-refractivity contribution < 1.29 is 18.0 Å². The number of hydrogen-bond donors (Lipinski definition) is 1. The fraction of sp³-hybridized carbons (Fsp3) is 0.375. The van der Waals surface area contributed by atoms with Gasteiger partial charge in [0.2, 0.25) is 0 Å². The number of aromatic nitrogens is 3. The Labute approximate surface area is 194 Å². The fourth-order valence-electron chi connectivity index (χ4n) is 4.06. The Balaban J connectivity index is 1.50. The van der Waals surface area contributed by atoms with E-state index in [4.69, 9.17) is 0 Å². The zero-order chi connectivity index (χ0) is 23.3. The van der Waals surface area contributed by atoms with Crippen LogP contribution in [0.3, 0.4) is 0 Å². The van der Waals surface area contributed by atoms with E-state index < -0.39 is 11.7 Å². The third-order valence-corrected chi connectivity index (χ3v) is 6.69. The zero-order valence-electron chi connectivity index (χ0n) is 18.0. The number of thioether (sulfide) groups is 1. The van der Waals surface area contributed by atoms with Crippen molar-refractivity contribution in [3.8, 4) is 0 Å². The quantitative estimate of drug-likeness (QED) is 0.303. The number of halogens is 3. The van der Waals surface area contributed by atoms with Crippen molar-refractivity contribution in [2.24, 2.45) is 0 Å². The molecule has 1 aliphatic carbocycles. The van der Waals surface area contributed by atoms with E-state index >= 15 is 0 Å². The summed E-state index contributed by atoms with van der Waals surface area (Å²) in [5.41, 5.74) is 0.327. The highest BCUT2D eigenvalue weighted by Crippen LogP contribution is 2.34. The Morgan fingerprint density at radius 3 is 2.52 bits per heavy atom. The van der Waals surface area contributed by atoms with Crippen LogP contribution in [0, 0.1) is 0 Å². The second-order valence-electron chi connectivity index (χ2n) is 8.07. The molecule has 1 fully saturated rings. The van der Waals surface area contributed by atoms with E-state index in [-0.39, 0.29) is 24.1 Å². The summed E-state index contributed by atoms with van der Waals surface area (Å²) >= 11 is 1.36. The largest absolute Gasteiger partial charge is 0.416 e. The smallest absolute Gasteiger partial charge is 0.378 e. The number of benzene rings is 2. The Morgan fingerprint density at radius 1 is 1.03 bits per heavy atom. The molecule has 0 spiro atoms. The minimum absolute atomic E-state index is 0.0161. The summed E-state index contributed by atoms with van der Waals surface area (Å²) in [5, 5.41) is 12.4. The minimum Gasteiger partial charge on any atom is -0.378 e. The lowest BCUT2D eigenvalue weighted by Gasteiger charge is -2.25. The number of hydrogen-bond acceptors (Lipinski definition) is 5. The van der Waals surface area contributed by atoms with Gasteiger partial charge in [-0.1, -0.05) is 67.4 Å². The number of nitrogens with zero attached hydrogens (tertiary/aromatic N) is 3. The standard InChI is InChI=1S/C24H25F3N4OS/c25-24(26,27)18-10-7-11-19(14-18)28-15-22-29-30-23(31(22)20-12-5-2-6-13-20)33-16-21(32)17-8-3-1-4-9-17/h1,3-4,7-11,14,20,28H,2,5-6,12-13,15-16H2. The van der Waals surface area contributed by atoms with Crippen LogP contribution in [0.2, 0.25) is 0 Å². The van der Waals surface area contributed by atoms with E-state index in [2.05, 4.69) is 20.1 Å². The lowest BCUT2D eigenvalue weighted by Crippen LogP contribution is -2.18.